The summed E-state index contributed by atoms with van der Waals surface area (Å²) < 4.78 is 0. The van der Waals surface area contributed by atoms with E-state index in [9.17, 15) is 0 Å². The number of hydrogen-bond acceptors (Lipinski definition) is 3. The molecule has 1 aromatic rings. The molecule has 15 heavy (non-hydrogen) atoms. The van der Waals surface area contributed by atoms with Crippen LogP contribution in [0.1, 0.15) is 44.3 Å². The summed E-state index contributed by atoms with van der Waals surface area (Å²) in [6.45, 7) is 2.32. The van der Waals surface area contributed by atoms with Crippen molar-refractivity contribution < 1.29 is 0 Å². The monoisotopic (exact) mass is 205 g/mol. The van der Waals surface area contributed by atoms with Crippen LogP contribution in [0.25, 0.3) is 0 Å². The Balaban J connectivity index is 2.04. The molecule has 0 spiro atoms. The molecule has 1 aliphatic rings. The van der Waals surface area contributed by atoms with Crippen LogP contribution in [0.5, 0.6) is 0 Å². The number of hydrogen-bond donors (Lipinski definition) is 1. The molecular formula is C12H19N3. The average Bonchev–Trinajstić information content (AvgIpc) is 2.29. The molecular weight excluding hydrogens is 186 g/mol. The Hall–Kier alpha value is -0.960. The predicted octanol–water partition coefficient (Wildman–Crippen LogP) is 2.30. The molecule has 1 fully saturated rings. The van der Waals surface area contributed by atoms with Crippen LogP contribution in [0.4, 0.5) is 0 Å². The van der Waals surface area contributed by atoms with E-state index in [2.05, 4.69) is 16.9 Å². The molecule has 0 radical (unpaired) electrons. The van der Waals surface area contributed by atoms with E-state index in [0.717, 1.165) is 11.6 Å². The Kier molecular flexibility index (Phi) is 3.31. The minimum Gasteiger partial charge on any atom is -0.322 e. The van der Waals surface area contributed by atoms with Gasteiger partial charge in [0, 0.05) is 18.6 Å². The molecule has 0 aliphatic heterocycles. The van der Waals surface area contributed by atoms with Gasteiger partial charge < -0.3 is 5.73 Å². The molecule has 1 aliphatic carbocycles. The van der Waals surface area contributed by atoms with Crippen molar-refractivity contribution in [2.24, 2.45) is 17.6 Å². The zero-order valence-electron chi connectivity index (χ0n) is 9.26. The first-order valence-electron chi connectivity index (χ1n) is 5.79. The summed E-state index contributed by atoms with van der Waals surface area (Å²) in [4.78, 5) is 8.37. The van der Waals surface area contributed by atoms with E-state index in [-0.39, 0.29) is 6.04 Å². The summed E-state index contributed by atoms with van der Waals surface area (Å²) in [5, 5.41) is 0. The second-order valence-corrected chi connectivity index (χ2v) is 4.69. The topological polar surface area (TPSA) is 51.8 Å². The van der Waals surface area contributed by atoms with Gasteiger partial charge in [0.2, 0.25) is 0 Å². The van der Waals surface area contributed by atoms with Crippen LogP contribution in [0.15, 0.2) is 18.6 Å². The Morgan fingerprint density at radius 3 is 2.93 bits per heavy atom. The van der Waals surface area contributed by atoms with E-state index in [1.165, 1.54) is 25.7 Å². The van der Waals surface area contributed by atoms with Crippen LogP contribution in [0.3, 0.4) is 0 Å². The zero-order chi connectivity index (χ0) is 10.7. The third-order valence-electron chi connectivity index (χ3n) is 3.41. The second-order valence-electron chi connectivity index (χ2n) is 4.69. The van der Waals surface area contributed by atoms with Gasteiger partial charge in [-0.3, -0.25) is 9.97 Å². The van der Waals surface area contributed by atoms with Crippen molar-refractivity contribution in [1.29, 1.82) is 0 Å². The first-order valence-corrected chi connectivity index (χ1v) is 5.79. The highest BCUT2D eigenvalue weighted by Gasteiger charge is 2.25. The first kappa shape index (κ1) is 10.6. The van der Waals surface area contributed by atoms with Gasteiger partial charge in [-0.05, 0) is 24.7 Å². The number of aromatic nitrogens is 2. The molecule has 0 saturated heterocycles. The van der Waals surface area contributed by atoms with Crippen molar-refractivity contribution in [2.45, 2.75) is 38.6 Å². The molecule has 2 rings (SSSR count). The maximum atomic E-state index is 6.23. The van der Waals surface area contributed by atoms with Crippen LogP contribution in [-0.2, 0) is 0 Å². The van der Waals surface area contributed by atoms with Gasteiger partial charge in [-0.15, -0.1) is 0 Å². The Bertz CT molecular complexity index is 299. The molecule has 1 heterocycles. The molecule has 0 bridgehead atoms. The van der Waals surface area contributed by atoms with Crippen LogP contribution in [-0.4, -0.2) is 9.97 Å². The Labute approximate surface area is 91.1 Å². The van der Waals surface area contributed by atoms with Gasteiger partial charge in [0.15, 0.2) is 0 Å². The van der Waals surface area contributed by atoms with Crippen molar-refractivity contribution in [1.82, 2.24) is 9.97 Å². The second kappa shape index (κ2) is 4.71. The van der Waals surface area contributed by atoms with E-state index in [4.69, 9.17) is 5.73 Å². The predicted molar refractivity (Wildman–Crippen MR) is 60.1 cm³/mol. The van der Waals surface area contributed by atoms with Gasteiger partial charge in [-0.2, -0.15) is 0 Å². The minimum absolute atomic E-state index is 0.0708. The van der Waals surface area contributed by atoms with Gasteiger partial charge in [0.05, 0.1) is 11.7 Å². The van der Waals surface area contributed by atoms with E-state index in [1.54, 1.807) is 18.6 Å². The highest BCUT2D eigenvalue weighted by Crippen LogP contribution is 2.34. The van der Waals surface area contributed by atoms with Crippen molar-refractivity contribution in [3.8, 4) is 0 Å². The molecule has 3 heteroatoms. The lowest BCUT2D eigenvalue weighted by atomic mass is 9.78. The Morgan fingerprint density at radius 1 is 1.40 bits per heavy atom. The van der Waals surface area contributed by atoms with E-state index in [0.29, 0.717) is 5.92 Å². The molecule has 3 unspecified atom stereocenters. The van der Waals surface area contributed by atoms with E-state index < -0.39 is 0 Å². The lowest BCUT2D eigenvalue weighted by Gasteiger charge is -2.30. The fourth-order valence-corrected chi connectivity index (χ4v) is 2.53. The summed E-state index contributed by atoms with van der Waals surface area (Å²) in [6, 6.07) is 0.0708. The molecule has 0 aromatic carbocycles. The summed E-state index contributed by atoms with van der Waals surface area (Å²) >= 11 is 0. The van der Waals surface area contributed by atoms with E-state index in [1.807, 2.05) is 0 Å². The summed E-state index contributed by atoms with van der Waals surface area (Å²) in [5.41, 5.74) is 7.17. The van der Waals surface area contributed by atoms with Gasteiger partial charge in [0.25, 0.3) is 0 Å². The van der Waals surface area contributed by atoms with E-state index >= 15 is 0 Å². The van der Waals surface area contributed by atoms with Gasteiger partial charge in [-0.25, -0.2) is 0 Å². The standard InChI is InChI=1S/C12H19N3/c1-9-3-2-4-10(7-9)12(13)11-8-14-5-6-15-11/h5-6,8-10,12H,2-4,7,13H2,1H3. The number of rotatable bonds is 2. The molecule has 1 saturated carbocycles. The third-order valence-corrected chi connectivity index (χ3v) is 3.41. The molecule has 1 aromatic heterocycles. The zero-order valence-corrected chi connectivity index (χ0v) is 9.26. The number of nitrogens with two attached hydrogens (primary N) is 1. The lowest BCUT2D eigenvalue weighted by Crippen LogP contribution is -2.26. The fourth-order valence-electron chi connectivity index (χ4n) is 2.53. The van der Waals surface area contributed by atoms with Crippen LogP contribution >= 0.6 is 0 Å². The summed E-state index contributed by atoms with van der Waals surface area (Å²) in [6.07, 6.45) is 10.3. The molecule has 3 nitrogen and oxygen atoms in total. The quantitative estimate of drug-likeness (QED) is 0.806. The largest absolute Gasteiger partial charge is 0.322 e. The smallest absolute Gasteiger partial charge is 0.0756 e. The third kappa shape index (κ3) is 2.53. The number of nitrogens with zero attached hydrogens (tertiary/aromatic N) is 2. The summed E-state index contributed by atoms with van der Waals surface area (Å²) in [7, 11) is 0. The van der Waals surface area contributed by atoms with Crippen LogP contribution in [0, 0.1) is 11.8 Å². The first-order chi connectivity index (χ1) is 7.27. The van der Waals surface area contributed by atoms with Gasteiger partial charge in [0.1, 0.15) is 0 Å². The minimum atomic E-state index is 0.0708. The van der Waals surface area contributed by atoms with Crippen molar-refractivity contribution in [2.75, 3.05) is 0 Å². The van der Waals surface area contributed by atoms with Crippen molar-refractivity contribution in [3.63, 3.8) is 0 Å². The van der Waals surface area contributed by atoms with Gasteiger partial charge >= 0.3 is 0 Å². The Morgan fingerprint density at radius 2 is 2.27 bits per heavy atom. The molecule has 2 N–H and O–H groups in total. The van der Waals surface area contributed by atoms with Crippen molar-refractivity contribution >= 4 is 0 Å². The normalized spacial score (nSPS) is 28.7. The van der Waals surface area contributed by atoms with Crippen LogP contribution < -0.4 is 5.73 Å². The molecule has 82 valence electrons. The highest BCUT2D eigenvalue weighted by molar-refractivity contribution is 5.03. The average molecular weight is 205 g/mol. The van der Waals surface area contributed by atoms with Crippen LogP contribution in [0.2, 0.25) is 0 Å². The van der Waals surface area contributed by atoms with Gasteiger partial charge in [-0.1, -0.05) is 19.8 Å². The maximum absolute atomic E-state index is 6.23. The SMILES string of the molecule is CC1CCCC(C(N)c2cnccn2)C1. The molecule has 3 atom stereocenters. The lowest BCUT2D eigenvalue weighted by molar-refractivity contribution is 0.245. The maximum Gasteiger partial charge on any atom is 0.0756 e. The fraction of sp³-hybridized carbons (Fsp3) is 0.667. The summed E-state index contributed by atoms with van der Waals surface area (Å²) in [5.74, 6) is 1.40. The van der Waals surface area contributed by atoms with Crippen molar-refractivity contribution in [3.05, 3.63) is 24.3 Å². The highest BCUT2D eigenvalue weighted by atomic mass is 14.8. The molecule has 0 amide bonds.